The van der Waals surface area contributed by atoms with Crippen LogP contribution in [-0.2, 0) is 11.2 Å². The molecule has 0 unspecified atom stereocenters. The second-order valence-corrected chi connectivity index (χ2v) is 8.99. The zero-order valence-electron chi connectivity index (χ0n) is 16.5. The summed E-state index contributed by atoms with van der Waals surface area (Å²) in [5, 5.41) is 4.36. The SMILES string of the molecule is Cc1cc2occ(CC(=O)N[C@H](C)[C@@H]3C[C@@H]4CC[C@@H]3C4)c2cc1C(C)C. The molecule has 140 valence electrons. The summed E-state index contributed by atoms with van der Waals surface area (Å²) >= 11 is 0. The van der Waals surface area contributed by atoms with Crippen LogP contribution in [0.2, 0.25) is 0 Å². The lowest BCUT2D eigenvalue weighted by Crippen LogP contribution is -2.40. The molecule has 1 amide bonds. The van der Waals surface area contributed by atoms with Crippen LogP contribution in [0.15, 0.2) is 22.8 Å². The number of carbonyl (C=O) groups is 1. The summed E-state index contributed by atoms with van der Waals surface area (Å²) < 4.78 is 5.73. The number of carbonyl (C=O) groups excluding carboxylic acids is 1. The van der Waals surface area contributed by atoms with Crippen molar-refractivity contribution in [2.24, 2.45) is 17.8 Å². The van der Waals surface area contributed by atoms with E-state index in [0.29, 0.717) is 18.3 Å². The number of amides is 1. The van der Waals surface area contributed by atoms with Crippen LogP contribution in [0.1, 0.15) is 69.1 Å². The van der Waals surface area contributed by atoms with Crippen LogP contribution in [-0.4, -0.2) is 11.9 Å². The summed E-state index contributed by atoms with van der Waals surface area (Å²) in [7, 11) is 0. The molecule has 0 saturated heterocycles. The van der Waals surface area contributed by atoms with Crippen LogP contribution in [0.25, 0.3) is 11.0 Å². The van der Waals surface area contributed by atoms with E-state index in [-0.39, 0.29) is 11.9 Å². The van der Waals surface area contributed by atoms with Gasteiger partial charge in [-0.05, 0) is 80.0 Å². The second kappa shape index (κ2) is 6.75. The average molecular weight is 354 g/mol. The van der Waals surface area contributed by atoms with Gasteiger partial charge in [0.2, 0.25) is 5.91 Å². The molecule has 0 radical (unpaired) electrons. The van der Waals surface area contributed by atoms with Crippen molar-refractivity contribution in [2.75, 3.05) is 0 Å². The maximum Gasteiger partial charge on any atom is 0.224 e. The molecule has 4 atom stereocenters. The van der Waals surface area contributed by atoms with Crippen LogP contribution in [0.3, 0.4) is 0 Å². The Kier molecular flexibility index (Phi) is 4.58. The Morgan fingerprint density at radius 2 is 2.04 bits per heavy atom. The lowest BCUT2D eigenvalue weighted by molar-refractivity contribution is -0.121. The van der Waals surface area contributed by atoms with Crippen molar-refractivity contribution in [3.8, 4) is 0 Å². The van der Waals surface area contributed by atoms with Gasteiger partial charge in [-0.1, -0.05) is 20.3 Å². The Balaban J connectivity index is 1.46. The van der Waals surface area contributed by atoms with E-state index in [4.69, 9.17) is 4.42 Å². The minimum atomic E-state index is 0.120. The van der Waals surface area contributed by atoms with Crippen LogP contribution >= 0.6 is 0 Å². The monoisotopic (exact) mass is 353 g/mol. The number of hydrogen-bond acceptors (Lipinski definition) is 2. The highest BCUT2D eigenvalue weighted by atomic mass is 16.3. The van der Waals surface area contributed by atoms with Gasteiger partial charge < -0.3 is 9.73 Å². The summed E-state index contributed by atoms with van der Waals surface area (Å²) in [6, 6.07) is 4.59. The molecular weight excluding hydrogens is 322 g/mol. The normalized spacial score (nSPS) is 26.0. The van der Waals surface area contributed by atoms with Crippen molar-refractivity contribution >= 4 is 16.9 Å². The lowest BCUT2D eigenvalue weighted by Gasteiger charge is -2.28. The minimum Gasteiger partial charge on any atom is -0.464 e. The molecule has 2 aliphatic carbocycles. The molecule has 0 spiro atoms. The molecule has 2 bridgehead atoms. The molecular formula is C23H31NO2. The number of fused-ring (bicyclic) bond motifs is 3. The van der Waals surface area contributed by atoms with E-state index < -0.39 is 0 Å². The summed E-state index contributed by atoms with van der Waals surface area (Å²) in [5.41, 5.74) is 4.47. The fourth-order valence-corrected chi connectivity index (χ4v) is 5.49. The molecule has 2 aromatic rings. The molecule has 1 heterocycles. The Labute approximate surface area is 156 Å². The van der Waals surface area contributed by atoms with E-state index in [9.17, 15) is 4.79 Å². The van der Waals surface area contributed by atoms with Crippen molar-refractivity contribution in [3.63, 3.8) is 0 Å². The third-order valence-corrected chi connectivity index (χ3v) is 6.84. The molecule has 3 nitrogen and oxygen atoms in total. The molecule has 0 aliphatic heterocycles. The Morgan fingerprint density at radius 1 is 1.23 bits per heavy atom. The first-order valence-corrected chi connectivity index (χ1v) is 10.2. The van der Waals surface area contributed by atoms with Gasteiger partial charge in [0.1, 0.15) is 5.58 Å². The predicted molar refractivity (Wildman–Crippen MR) is 105 cm³/mol. The molecule has 2 aliphatic rings. The van der Waals surface area contributed by atoms with Crippen LogP contribution in [0.5, 0.6) is 0 Å². The standard InChI is InChI=1S/C23H31NO2/c1-13(2)19-11-21-18(12-26-22(21)7-14(19)3)10-23(25)24-15(4)20-9-16-5-6-17(20)8-16/h7,11-13,15-17,20H,5-6,8-10H2,1-4H3,(H,24,25)/t15-,16-,17-,20+/m1/s1. The molecule has 1 aromatic heterocycles. The Morgan fingerprint density at radius 3 is 2.69 bits per heavy atom. The number of nitrogens with one attached hydrogen (secondary N) is 1. The van der Waals surface area contributed by atoms with E-state index in [0.717, 1.165) is 28.4 Å². The summed E-state index contributed by atoms with van der Waals surface area (Å²) in [6.07, 6.45) is 7.61. The van der Waals surface area contributed by atoms with Crippen molar-refractivity contribution in [3.05, 3.63) is 35.1 Å². The highest BCUT2D eigenvalue weighted by Gasteiger charge is 2.42. The van der Waals surface area contributed by atoms with Gasteiger partial charge in [0, 0.05) is 17.0 Å². The predicted octanol–water partition coefficient (Wildman–Crippen LogP) is 5.35. The molecule has 1 aromatic carbocycles. The number of benzene rings is 1. The highest BCUT2D eigenvalue weighted by molar-refractivity contribution is 5.88. The van der Waals surface area contributed by atoms with Gasteiger partial charge in [-0.25, -0.2) is 0 Å². The average Bonchev–Trinajstić information content (AvgIpc) is 3.29. The maximum atomic E-state index is 12.7. The Hall–Kier alpha value is -1.77. The number of rotatable bonds is 5. The first kappa shape index (κ1) is 17.6. The van der Waals surface area contributed by atoms with E-state index in [1.165, 1.54) is 36.8 Å². The van der Waals surface area contributed by atoms with Gasteiger partial charge in [0.05, 0.1) is 12.7 Å². The Bertz CT molecular complexity index is 819. The first-order valence-electron chi connectivity index (χ1n) is 10.2. The van der Waals surface area contributed by atoms with Gasteiger partial charge in [-0.3, -0.25) is 4.79 Å². The smallest absolute Gasteiger partial charge is 0.224 e. The van der Waals surface area contributed by atoms with Gasteiger partial charge in [-0.2, -0.15) is 0 Å². The molecule has 4 rings (SSSR count). The molecule has 26 heavy (non-hydrogen) atoms. The summed E-state index contributed by atoms with van der Waals surface area (Å²) in [5.74, 6) is 3.01. The van der Waals surface area contributed by atoms with E-state index in [1.54, 1.807) is 6.26 Å². The maximum absolute atomic E-state index is 12.7. The van der Waals surface area contributed by atoms with Crippen molar-refractivity contribution in [1.29, 1.82) is 0 Å². The molecule has 1 N–H and O–H groups in total. The number of furan rings is 1. The second-order valence-electron chi connectivity index (χ2n) is 8.99. The van der Waals surface area contributed by atoms with Crippen LogP contribution in [0, 0.1) is 24.7 Å². The lowest BCUT2D eigenvalue weighted by atomic mass is 9.84. The minimum absolute atomic E-state index is 0.120. The first-order chi connectivity index (χ1) is 12.4. The van der Waals surface area contributed by atoms with Gasteiger partial charge in [0.15, 0.2) is 0 Å². The van der Waals surface area contributed by atoms with Gasteiger partial charge in [0.25, 0.3) is 0 Å². The largest absolute Gasteiger partial charge is 0.464 e. The molecule has 2 fully saturated rings. The number of hydrogen-bond donors (Lipinski definition) is 1. The third-order valence-electron chi connectivity index (χ3n) is 6.84. The topological polar surface area (TPSA) is 42.2 Å². The summed E-state index contributed by atoms with van der Waals surface area (Å²) in [6.45, 7) is 8.73. The zero-order valence-corrected chi connectivity index (χ0v) is 16.5. The van der Waals surface area contributed by atoms with Gasteiger partial charge in [-0.15, -0.1) is 0 Å². The van der Waals surface area contributed by atoms with Gasteiger partial charge >= 0.3 is 0 Å². The zero-order chi connectivity index (χ0) is 18.4. The van der Waals surface area contributed by atoms with E-state index in [1.807, 2.05) is 0 Å². The van der Waals surface area contributed by atoms with Crippen LogP contribution in [0.4, 0.5) is 0 Å². The van der Waals surface area contributed by atoms with Crippen molar-refractivity contribution in [1.82, 2.24) is 5.32 Å². The van der Waals surface area contributed by atoms with Crippen molar-refractivity contribution < 1.29 is 9.21 Å². The fourth-order valence-electron chi connectivity index (χ4n) is 5.49. The quantitative estimate of drug-likeness (QED) is 0.787. The van der Waals surface area contributed by atoms with Crippen LogP contribution < -0.4 is 5.32 Å². The van der Waals surface area contributed by atoms with E-state index in [2.05, 4.69) is 45.1 Å². The van der Waals surface area contributed by atoms with Crippen molar-refractivity contribution in [2.45, 2.75) is 71.8 Å². The molecule has 2 saturated carbocycles. The fraction of sp³-hybridized carbons (Fsp3) is 0.609. The molecule has 3 heteroatoms. The number of aryl methyl sites for hydroxylation is 1. The third kappa shape index (κ3) is 3.17. The highest BCUT2D eigenvalue weighted by Crippen LogP contribution is 2.49. The summed E-state index contributed by atoms with van der Waals surface area (Å²) in [4.78, 5) is 12.7. The van der Waals surface area contributed by atoms with E-state index >= 15 is 0 Å².